The van der Waals surface area contributed by atoms with Gasteiger partial charge in [0.1, 0.15) is 0 Å². The number of carbonyl (C=O) groups is 1. The summed E-state index contributed by atoms with van der Waals surface area (Å²) in [6, 6.07) is 0. The number of ether oxygens (including phenoxy) is 1. The lowest BCUT2D eigenvalue weighted by molar-refractivity contribution is -0.464. The van der Waals surface area contributed by atoms with Crippen molar-refractivity contribution in [2.24, 2.45) is 0 Å². The predicted octanol–water partition coefficient (Wildman–Crippen LogP) is 6.56. The van der Waals surface area contributed by atoms with E-state index in [0.717, 1.165) is 0 Å². The number of alkyl halides is 16. The van der Waals surface area contributed by atoms with E-state index in [2.05, 4.69) is 11.3 Å². The Morgan fingerprint density at radius 1 is 0.625 bits per heavy atom. The fourth-order valence-electron chi connectivity index (χ4n) is 1.79. The minimum Gasteiger partial charge on any atom is -0.418 e. The smallest absolute Gasteiger partial charge is 0.418 e. The Hall–Kier alpha value is -1.91. The highest BCUT2D eigenvalue weighted by atomic mass is 19.4. The van der Waals surface area contributed by atoms with Gasteiger partial charge in [-0.3, -0.25) is 0 Å². The summed E-state index contributed by atoms with van der Waals surface area (Å²) in [6.45, 7) is 3.31. The number of esters is 1. The third-order valence-corrected chi connectivity index (χ3v) is 3.85. The van der Waals surface area contributed by atoms with E-state index in [1.165, 1.54) is 0 Å². The van der Waals surface area contributed by atoms with Gasteiger partial charge in [-0.15, -0.1) is 0 Å². The third-order valence-electron chi connectivity index (χ3n) is 3.85. The molecule has 0 spiro atoms. The van der Waals surface area contributed by atoms with Crippen LogP contribution in [0, 0.1) is 0 Å². The Bertz CT molecular complexity index is 738. The molecule has 0 bridgehead atoms. The fraction of sp³-hybridized carbons (Fsp3) is 0.786. The molecule has 1 atom stereocenters. The van der Waals surface area contributed by atoms with Crippen molar-refractivity contribution in [1.82, 2.24) is 0 Å². The van der Waals surface area contributed by atoms with Crippen molar-refractivity contribution in [1.29, 1.82) is 0 Å². The molecule has 0 radical (unpaired) electrons. The quantitative estimate of drug-likeness (QED) is 0.198. The van der Waals surface area contributed by atoms with Gasteiger partial charge in [0.15, 0.2) is 0 Å². The van der Waals surface area contributed by atoms with Crippen LogP contribution in [0.15, 0.2) is 12.2 Å². The maximum absolute atomic E-state index is 14.2. The molecule has 0 rings (SSSR count). The molecule has 2 nitrogen and oxygen atoms in total. The number of carbonyl (C=O) groups excluding carboxylic acids is 1. The molecule has 0 aliphatic carbocycles. The Morgan fingerprint density at radius 3 is 1.16 bits per heavy atom. The molecule has 0 saturated carbocycles. The first kappa shape index (κ1) is 30.1. The summed E-state index contributed by atoms with van der Waals surface area (Å²) in [6.07, 6.45) is -10.00. The molecule has 0 fully saturated rings. The van der Waals surface area contributed by atoms with Gasteiger partial charge in [-0.25, -0.2) is 4.79 Å². The molecule has 0 N–H and O–H groups in total. The molecule has 1 unspecified atom stereocenters. The summed E-state index contributed by atoms with van der Waals surface area (Å²) in [4.78, 5) is 11.1. The molecule has 0 aromatic rings. The first-order valence-electron chi connectivity index (χ1n) is 7.55. The number of hydrogen-bond donors (Lipinski definition) is 0. The Kier molecular flexibility index (Phi) is 7.38. The minimum atomic E-state index is -8.57. The van der Waals surface area contributed by atoms with Crippen LogP contribution in [0.4, 0.5) is 70.2 Å². The number of hydrogen-bond acceptors (Lipinski definition) is 2. The van der Waals surface area contributed by atoms with Crippen LogP contribution < -0.4 is 0 Å². The van der Waals surface area contributed by atoms with E-state index in [-0.39, 0.29) is 6.92 Å². The van der Waals surface area contributed by atoms with Crippen molar-refractivity contribution in [3.05, 3.63) is 12.2 Å². The van der Waals surface area contributed by atoms with Gasteiger partial charge >= 0.3 is 53.5 Å². The van der Waals surface area contributed by atoms with Crippen molar-refractivity contribution in [3.63, 3.8) is 0 Å². The van der Waals surface area contributed by atoms with Crippen molar-refractivity contribution >= 4 is 5.97 Å². The lowest BCUT2D eigenvalue weighted by Gasteiger charge is -2.44. The normalized spacial score (nSPS) is 17.1. The molecule has 18 heteroatoms. The third kappa shape index (κ3) is 3.86. The van der Waals surface area contributed by atoms with Crippen LogP contribution in [0.1, 0.15) is 20.3 Å². The maximum Gasteiger partial charge on any atom is 0.460 e. The molecule has 0 aliphatic heterocycles. The van der Waals surface area contributed by atoms with Gasteiger partial charge in [-0.05, 0) is 6.92 Å². The molecule has 0 heterocycles. The highest BCUT2D eigenvalue weighted by Crippen LogP contribution is 2.64. The first-order chi connectivity index (χ1) is 13.6. The molecule has 32 heavy (non-hydrogen) atoms. The Balaban J connectivity index is 6.83. The fourth-order valence-corrected chi connectivity index (χ4v) is 1.79. The van der Waals surface area contributed by atoms with Crippen LogP contribution in [0.25, 0.3) is 0 Å². The van der Waals surface area contributed by atoms with Crippen molar-refractivity contribution in [2.45, 2.75) is 67.8 Å². The van der Waals surface area contributed by atoms with Crippen LogP contribution in [0.3, 0.4) is 0 Å². The van der Waals surface area contributed by atoms with Gasteiger partial charge in [-0.1, -0.05) is 13.5 Å². The Morgan fingerprint density at radius 2 is 0.906 bits per heavy atom. The zero-order chi connectivity index (χ0) is 26.6. The average Bonchev–Trinajstić information content (AvgIpc) is 2.59. The van der Waals surface area contributed by atoms with E-state index in [0.29, 0.717) is 6.92 Å². The van der Waals surface area contributed by atoms with Gasteiger partial charge in [0.05, 0.1) is 0 Å². The summed E-state index contributed by atoms with van der Waals surface area (Å²) in [5.74, 6) is -57.2. The van der Waals surface area contributed by atoms with Crippen molar-refractivity contribution in [2.75, 3.05) is 0 Å². The summed E-state index contributed by atoms with van der Waals surface area (Å²) >= 11 is 0. The number of halogens is 16. The molecular weight excluding hydrogens is 504 g/mol. The number of rotatable bonds is 9. The second-order valence-corrected chi connectivity index (χ2v) is 6.20. The van der Waals surface area contributed by atoms with Crippen LogP contribution in [-0.4, -0.2) is 53.5 Å². The van der Waals surface area contributed by atoms with Crippen molar-refractivity contribution < 1.29 is 79.8 Å². The molecule has 0 amide bonds. The van der Waals surface area contributed by atoms with E-state index < -0.39 is 65.5 Å². The molecular formula is C14H10F16O2. The van der Waals surface area contributed by atoms with Crippen molar-refractivity contribution in [3.8, 4) is 0 Å². The van der Waals surface area contributed by atoms with Gasteiger partial charge in [0.25, 0.3) is 0 Å². The van der Waals surface area contributed by atoms with E-state index in [4.69, 9.17) is 0 Å². The zero-order valence-corrected chi connectivity index (χ0v) is 15.3. The molecule has 190 valence electrons. The monoisotopic (exact) mass is 514 g/mol. The van der Waals surface area contributed by atoms with Gasteiger partial charge in [-0.2, -0.15) is 70.2 Å². The van der Waals surface area contributed by atoms with E-state index in [1.807, 2.05) is 0 Å². The molecule has 0 aromatic heterocycles. The van der Waals surface area contributed by atoms with E-state index >= 15 is 0 Å². The standard InChI is InChI=1S/C14H10F16O2/c1-4-7(15,32-6(31)5(2)3)8(16,17)9(18,19)10(20,21)11(22,23)12(24,25)13(26,27)14(28,29)30/h2,4H2,1,3H3. The zero-order valence-electron chi connectivity index (χ0n) is 15.3. The highest BCUT2D eigenvalue weighted by molar-refractivity contribution is 5.87. The first-order valence-corrected chi connectivity index (χ1v) is 7.55. The van der Waals surface area contributed by atoms with Gasteiger partial charge in [0.2, 0.25) is 0 Å². The topological polar surface area (TPSA) is 26.3 Å². The maximum atomic E-state index is 14.2. The lowest BCUT2D eigenvalue weighted by atomic mass is 9.88. The Labute approximate surface area is 167 Å². The van der Waals surface area contributed by atoms with Crippen LogP contribution in [-0.2, 0) is 9.53 Å². The highest BCUT2D eigenvalue weighted by Gasteiger charge is 2.95. The van der Waals surface area contributed by atoms with E-state index in [9.17, 15) is 75.0 Å². The second kappa shape index (κ2) is 7.85. The SMILES string of the molecule is C=C(C)C(=O)OC(F)(CC)C(F)(F)C(F)(F)C(F)(F)C(F)(F)C(F)(F)C(F)(F)C(F)(F)F. The van der Waals surface area contributed by atoms with Crippen LogP contribution in [0.5, 0.6) is 0 Å². The van der Waals surface area contributed by atoms with Crippen LogP contribution >= 0.6 is 0 Å². The molecule has 0 saturated heterocycles. The van der Waals surface area contributed by atoms with Gasteiger partial charge in [0, 0.05) is 12.0 Å². The summed E-state index contributed by atoms with van der Waals surface area (Å²) in [5, 5.41) is 0. The summed E-state index contributed by atoms with van der Waals surface area (Å²) in [7, 11) is 0. The summed E-state index contributed by atoms with van der Waals surface area (Å²) in [5.41, 5.74) is -1.05. The van der Waals surface area contributed by atoms with Crippen LogP contribution in [0.2, 0.25) is 0 Å². The van der Waals surface area contributed by atoms with Gasteiger partial charge < -0.3 is 4.74 Å². The average molecular weight is 514 g/mol. The summed E-state index contributed by atoms with van der Waals surface area (Å²) < 4.78 is 214. The predicted molar refractivity (Wildman–Crippen MR) is 70.8 cm³/mol. The second-order valence-electron chi connectivity index (χ2n) is 6.20. The largest absolute Gasteiger partial charge is 0.460 e. The molecule has 0 aliphatic rings. The molecule has 0 aromatic carbocycles. The lowest BCUT2D eigenvalue weighted by Crippen LogP contribution is -2.75. The van der Waals surface area contributed by atoms with E-state index in [1.54, 1.807) is 0 Å². The minimum absolute atomic E-state index is 0.0817.